The molecule has 2 aliphatic rings. The molecule has 0 aromatic heterocycles. The summed E-state index contributed by atoms with van der Waals surface area (Å²) in [4.78, 5) is 0. The third-order valence-corrected chi connectivity index (χ3v) is 3.94. The van der Waals surface area contributed by atoms with Crippen LogP contribution in [0, 0.1) is 5.92 Å². The molecule has 0 radical (unpaired) electrons. The van der Waals surface area contributed by atoms with Crippen molar-refractivity contribution in [3.05, 3.63) is 23.8 Å². The molecule has 3 atom stereocenters. The van der Waals surface area contributed by atoms with E-state index >= 15 is 0 Å². The Bertz CT molecular complexity index is 503. The van der Waals surface area contributed by atoms with Gasteiger partial charge in [-0.15, -0.1) is 13.2 Å². The zero-order valence-electron chi connectivity index (χ0n) is 9.62. The number of hydrogen-bond donors (Lipinski definition) is 1. The van der Waals surface area contributed by atoms with Gasteiger partial charge in [0.25, 0.3) is 0 Å². The second-order valence-electron chi connectivity index (χ2n) is 4.78. The minimum atomic E-state index is -4.68. The van der Waals surface area contributed by atoms with Crippen molar-refractivity contribution in [3.63, 3.8) is 0 Å². The van der Waals surface area contributed by atoms with Crippen LogP contribution >= 0.6 is 0 Å². The summed E-state index contributed by atoms with van der Waals surface area (Å²) >= 11 is 0. The molecule has 1 aromatic rings. The largest absolute Gasteiger partial charge is 0.573 e. The summed E-state index contributed by atoms with van der Waals surface area (Å²) in [5, 5.41) is 0. The van der Waals surface area contributed by atoms with Gasteiger partial charge in [0, 0.05) is 18.0 Å². The van der Waals surface area contributed by atoms with Crippen molar-refractivity contribution in [1.29, 1.82) is 0 Å². The summed E-state index contributed by atoms with van der Waals surface area (Å²) in [5.41, 5.74) is 6.14. The van der Waals surface area contributed by atoms with E-state index < -0.39 is 6.36 Å². The van der Waals surface area contributed by atoms with Crippen LogP contribution in [0.2, 0.25) is 0 Å². The highest BCUT2D eigenvalue weighted by atomic mass is 19.4. The van der Waals surface area contributed by atoms with Crippen LogP contribution in [0.25, 0.3) is 0 Å². The molecule has 98 valence electrons. The second-order valence-corrected chi connectivity index (χ2v) is 4.78. The first-order valence-corrected chi connectivity index (χ1v) is 5.65. The monoisotopic (exact) mass is 259 g/mol. The molecule has 1 aliphatic heterocycles. The molecule has 2 N–H and O–H groups in total. The van der Waals surface area contributed by atoms with Gasteiger partial charge < -0.3 is 15.2 Å². The van der Waals surface area contributed by atoms with Crippen LogP contribution in [0.3, 0.4) is 0 Å². The van der Waals surface area contributed by atoms with E-state index in [0.717, 1.165) is 5.56 Å². The van der Waals surface area contributed by atoms with Gasteiger partial charge in [-0.25, -0.2) is 0 Å². The average molecular weight is 259 g/mol. The summed E-state index contributed by atoms with van der Waals surface area (Å²) in [6, 6.07) is 4.15. The van der Waals surface area contributed by atoms with Crippen LogP contribution in [-0.2, 0) is 5.41 Å². The zero-order chi connectivity index (χ0) is 13.1. The van der Waals surface area contributed by atoms with E-state index in [2.05, 4.69) is 4.74 Å². The highest BCUT2D eigenvalue weighted by Gasteiger charge is 2.69. The molecule has 3 rings (SSSR count). The van der Waals surface area contributed by atoms with Gasteiger partial charge in [-0.2, -0.15) is 0 Å². The van der Waals surface area contributed by atoms with Gasteiger partial charge in [0.1, 0.15) is 17.6 Å². The van der Waals surface area contributed by atoms with Crippen molar-refractivity contribution in [1.82, 2.24) is 0 Å². The SMILES string of the molecule is C[C@H]1C2Oc3ccc(OC(F)(F)F)cc3C21CN. The number of alkyl halides is 3. The Balaban J connectivity index is 1.97. The Morgan fingerprint density at radius 3 is 2.78 bits per heavy atom. The molecule has 1 aromatic carbocycles. The Kier molecular flexibility index (Phi) is 2.15. The van der Waals surface area contributed by atoms with E-state index in [4.69, 9.17) is 10.5 Å². The lowest BCUT2D eigenvalue weighted by atomic mass is 9.93. The van der Waals surface area contributed by atoms with Gasteiger partial charge in [0.2, 0.25) is 0 Å². The first kappa shape index (κ1) is 11.6. The third-order valence-electron chi connectivity index (χ3n) is 3.94. The summed E-state index contributed by atoms with van der Waals surface area (Å²) in [5.74, 6) is 0.617. The number of halogens is 3. The number of rotatable bonds is 2. The fraction of sp³-hybridized carbons (Fsp3) is 0.500. The van der Waals surface area contributed by atoms with Crippen molar-refractivity contribution in [2.45, 2.75) is 24.8 Å². The van der Waals surface area contributed by atoms with E-state index in [0.29, 0.717) is 12.3 Å². The molecule has 0 spiro atoms. The fourth-order valence-electron chi connectivity index (χ4n) is 2.91. The standard InChI is InChI=1S/C12H12F3NO2/c1-6-10-11(6,5-16)8-4-7(18-12(13,14)15)2-3-9(8)17-10/h2-4,6,10H,5,16H2,1H3/t6-,10?,11?/m0/s1. The number of benzene rings is 1. The maximum atomic E-state index is 12.2. The zero-order valence-corrected chi connectivity index (χ0v) is 9.62. The van der Waals surface area contributed by atoms with Crippen LogP contribution < -0.4 is 15.2 Å². The number of nitrogens with two attached hydrogens (primary N) is 1. The average Bonchev–Trinajstić information content (AvgIpc) is 2.70. The Morgan fingerprint density at radius 1 is 1.44 bits per heavy atom. The molecule has 1 heterocycles. The van der Waals surface area contributed by atoms with Gasteiger partial charge in [0.15, 0.2) is 0 Å². The number of ether oxygens (including phenoxy) is 2. The molecular formula is C12H12F3NO2. The van der Waals surface area contributed by atoms with Crippen molar-refractivity contribution in [2.24, 2.45) is 11.7 Å². The van der Waals surface area contributed by atoms with Crippen molar-refractivity contribution in [3.8, 4) is 11.5 Å². The Labute approximate surface area is 102 Å². The van der Waals surface area contributed by atoms with E-state index in [-0.39, 0.29) is 23.2 Å². The van der Waals surface area contributed by atoms with E-state index in [1.54, 1.807) is 0 Å². The second kappa shape index (κ2) is 3.32. The first-order chi connectivity index (χ1) is 8.38. The third kappa shape index (κ3) is 1.41. The van der Waals surface area contributed by atoms with Gasteiger partial charge in [-0.1, -0.05) is 6.92 Å². The van der Waals surface area contributed by atoms with Crippen LogP contribution in [0.1, 0.15) is 12.5 Å². The predicted molar refractivity (Wildman–Crippen MR) is 57.4 cm³/mol. The van der Waals surface area contributed by atoms with Gasteiger partial charge in [-0.3, -0.25) is 0 Å². The molecule has 0 bridgehead atoms. The summed E-state index contributed by atoms with van der Waals surface area (Å²) in [6.45, 7) is 2.35. The molecule has 1 aliphatic carbocycles. The maximum Gasteiger partial charge on any atom is 0.573 e. The minimum absolute atomic E-state index is 0.0152. The summed E-state index contributed by atoms with van der Waals surface area (Å²) < 4.78 is 46.1. The maximum absolute atomic E-state index is 12.2. The Hall–Kier alpha value is -1.43. The molecule has 0 saturated heterocycles. The fourth-order valence-corrected chi connectivity index (χ4v) is 2.91. The number of hydrogen-bond acceptors (Lipinski definition) is 3. The molecule has 2 unspecified atom stereocenters. The van der Waals surface area contributed by atoms with Crippen LogP contribution in [0.4, 0.5) is 13.2 Å². The summed E-state index contributed by atoms with van der Waals surface area (Å²) in [6.07, 6.45) is -4.70. The van der Waals surface area contributed by atoms with E-state index in [1.165, 1.54) is 18.2 Å². The molecule has 1 saturated carbocycles. The van der Waals surface area contributed by atoms with Crippen molar-refractivity contribution < 1.29 is 22.6 Å². The summed E-state index contributed by atoms with van der Waals surface area (Å²) in [7, 11) is 0. The number of fused-ring (bicyclic) bond motifs is 3. The Morgan fingerprint density at radius 2 is 2.17 bits per heavy atom. The van der Waals surface area contributed by atoms with Crippen LogP contribution in [0.5, 0.6) is 11.5 Å². The van der Waals surface area contributed by atoms with E-state index in [9.17, 15) is 13.2 Å². The van der Waals surface area contributed by atoms with Crippen molar-refractivity contribution in [2.75, 3.05) is 6.54 Å². The minimum Gasteiger partial charge on any atom is -0.489 e. The molecule has 1 fully saturated rings. The van der Waals surface area contributed by atoms with Crippen LogP contribution in [0.15, 0.2) is 18.2 Å². The lowest BCUT2D eigenvalue weighted by Gasteiger charge is -2.15. The van der Waals surface area contributed by atoms with E-state index in [1.807, 2.05) is 6.92 Å². The van der Waals surface area contributed by atoms with Crippen LogP contribution in [-0.4, -0.2) is 19.0 Å². The lowest BCUT2D eigenvalue weighted by molar-refractivity contribution is -0.274. The topological polar surface area (TPSA) is 44.5 Å². The lowest BCUT2D eigenvalue weighted by Crippen LogP contribution is -2.23. The first-order valence-electron chi connectivity index (χ1n) is 5.65. The molecule has 6 heteroatoms. The van der Waals surface area contributed by atoms with Gasteiger partial charge in [-0.05, 0) is 18.2 Å². The van der Waals surface area contributed by atoms with Gasteiger partial charge >= 0.3 is 6.36 Å². The van der Waals surface area contributed by atoms with Crippen molar-refractivity contribution >= 4 is 0 Å². The highest BCUT2D eigenvalue weighted by Crippen LogP contribution is 2.63. The smallest absolute Gasteiger partial charge is 0.489 e. The molecular weight excluding hydrogens is 247 g/mol. The van der Waals surface area contributed by atoms with Gasteiger partial charge in [0.05, 0.1) is 5.41 Å². The normalized spacial score (nSPS) is 32.5. The quantitative estimate of drug-likeness (QED) is 0.885. The molecule has 3 nitrogen and oxygen atoms in total. The highest BCUT2D eigenvalue weighted by molar-refractivity contribution is 5.55. The molecule has 18 heavy (non-hydrogen) atoms. The molecule has 0 amide bonds. The predicted octanol–water partition coefficient (Wildman–Crippen LogP) is 2.19.